The first-order valence-electron chi connectivity index (χ1n) is 5.57. The molecule has 0 radical (unpaired) electrons. The SMILES string of the molecule is C=C(CN(C)CC1CCCCO1)[B-](F)(F)F. The molecule has 16 heavy (non-hydrogen) atoms. The Kier molecular flexibility index (Phi) is 4.86. The van der Waals surface area contributed by atoms with Crippen molar-refractivity contribution in [3.63, 3.8) is 0 Å². The first-order valence-corrected chi connectivity index (χ1v) is 5.57. The minimum atomic E-state index is -4.91. The van der Waals surface area contributed by atoms with Gasteiger partial charge in [-0.3, -0.25) is 0 Å². The van der Waals surface area contributed by atoms with Gasteiger partial charge < -0.3 is 22.6 Å². The largest absolute Gasteiger partial charge is 0.506 e. The van der Waals surface area contributed by atoms with E-state index < -0.39 is 12.4 Å². The molecule has 1 heterocycles. The summed E-state index contributed by atoms with van der Waals surface area (Å²) in [5.41, 5.74) is -0.640. The molecule has 6 heteroatoms. The monoisotopic (exact) mass is 236 g/mol. The summed E-state index contributed by atoms with van der Waals surface area (Å²) in [5, 5.41) is 0. The lowest BCUT2D eigenvalue weighted by molar-refractivity contribution is -0.0000644. The van der Waals surface area contributed by atoms with E-state index in [1.54, 1.807) is 11.9 Å². The van der Waals surface area contributed by atoms with Crippen LogP contribution in [0.5, 0.6) is 0 Å². The Morgan fingerprint density at radius 2 is 2.12 bits per heavy atom. The van der Waals surface area contributed by atoms with Crippen molar-refractivity contribution in [1.29, 1.82) is 0 Å². The molecular formula is C10H18BF3NO-. The van der Waals surface area contributed by atoms with E-state index in [2.05, 4.69) is 6.58 Å². The lowest BCUT2D eigenvalue weighted by Crippen LogP contribution is -2.37. The Bertz CT molecular complexity index is 239. The maximum Gasteiger partial charge on any atom is 0.506 e. The van der Waals surface area contributed by atoms with Gasteiger partial charge in [-0.2, -0.15) is 0 Å². The lowest BCUT2D eigenvalue weighted by atomic mass is 9.80. The van der Waals surface area contributed by atoms with Crippen molar-refractivity contribution in [1.82, 2.24) is 4.90 Å². The molecule has 1 aliphatic heterocycles. The molecule has 0 N–H and O–H groups in total. The van der Waals surface area contributed by atoms with Crippen LogP contribution in [0.1, 0.15) is 19.3 Å². The molecular weight excluding hydrogens is 218 g/mol. The van der Waals surface area contributed by atoms with Crippen molar-refractivity contribution in [3.8, 4) is 0 Å². The summed E-state index contributed by atoms with van der Waals surface area (Å²) in [6.07, 6.45) is 3.17. The van der Waals surface area contributed by atoms with Crippen LogP contribution in [0, 0.1) is 0 Å². The summed E-state index contributed by atoms with van der Waals surface area (Å²) >= 11 is 0. The van der Waals surface area contributed by atoms with Crippen LogP contribution in [0.15, 0.2) is 12.1 Å². The second kappa shape index (κ2) is 5.73. The zero-order valence-corrected chi connectivity index (χ0v) is 9.59. The van der Waals surface area contributed by atoms with Gasteiger partial charge in [0.1, 0.15) is 0 Å². The van der Waals surface area contributed by atoms with E-state index in [-0.39, 0.29) is 12.6 Å². The van der Waals surface area contributed by atoms with E-state index in [4.69, 9.17) is 4.74 Å². The van der Waals surface area contributed by atoms with Gasteiger partial charge in [-0.15, -0.1) is 12.1 Å². The predicted octanol–water partition coefficient (Wildman–Crippen LogP) is 2.43. The number of ether oxygens (including phenoxy) is 1. The average Bonchev–Trinajstić information content (AvgIpc) is 2.17. The second-order valence-corrected chi connectivity index (χ2v) is 4.42. The van der Waals surface area contributed by atoms with Crippen molar-refractivity contribution in [3.05, 3.63) is 12.1 Å². The highest BCUT2D eigenvalue weighted by atomic mass is 19.4. The first kappa shape index (κ1) is 13.6. The first-order chi connectivity index (χ1) is 7.39. The zero-order chi connectivity index (χ0) is 12.2. The number of likely N-dealkylation sites (N-methyl/N-ethyl adjacent to an activating group) is 1. The van der Waals surface area contributed by atoms with Gasteiger partial charge in [0.2, 0.25) is 0 Å². The maximum atomic E-state index is 12.3. The molecule has 0 amide bonds. The van der Waals surface area contributed by atoms with Crippen molar-refractivity contribution < 1.29 is 17.7 Å². The number of hydrogen-bond donors (Lipinski definition) is 0. The Morgan fingerprint density at radius 3 is 2.62 bits per heavy atom. The van der Waals surface area contributed by atoms with E-state index in [0.29, 0.717) is 6.54 Å². The van der Waals surface area contributed by atoms with Gasteiger partial charge in [-0.05, 0) is 32.9 Å². The molecule has 0 bridgehead atoms. The van der Waals surface area contributed by atoms with Crippen LogP contribution < -0.4 is 0 Å². The van der Waals surface area contributed by atoms with Crippen LogP contribution in [0.25, 0.3) is 0 Å². The summed E-state index contributed by atoms with van der Waals surface area (Å²) in [5.74, 6) is 0. The third kappa shape index (κ3) is 4.57. The number of hydrogen-bond acceptors (Lipinski definition) is 2. The van der Waals surface area contributed by atoms with Gasteiger partial charge in [0.25, 0.3) is 0 Å². The quantitative estimate of drug-likeness (QED) is 0.679. The molecule has 1 fully saturated rings. The van der Waals surface area contributed by atoms with Gasteiger partial charge in [0.05, 0.1) is 6.10 Å². The normalized spacial score (nSPS) is 22.4. The van der Waals surface area contributed by atoms with Crippen LogP contribution in [0.3, 0.4) is 0 Å². The molecule has 94 valence electrons. The van der Waals surface area contributed by atoms with Crippen LogP contribution in [-0.4, -0.2) is 44.7 Å². The van der Waals surface area contributed by atoms with Crippen molar-refractivity contribution in [2.45, 2.75) is 25.4 Å². The Morgan fingerprint density at radius 1 is 1.44 bits per heavy atom. The fraction of sp³-hybridized carbons (Fsp3) is 0.800. The molecule has 0 aromatic carbocycles. The average molecular weight is 236 g/mol. The van der Waals surface area contributed by atoms with Gasteiger partial charge >= 0.3 is 6.98 Å². The van der Waals surface area contributed by atoms with Gasteiger partial charge in [0, 0.05) is 13.2 Å². The number of nitrogens with zero attached hydrogens (tertiary/aromatic N) is 1. The third-order valence-electron chi connectivity index (χ3n) is 2.73. The molecule has 0 aromatic heterocycles. The van der Waals surface area contributed by atoms with E-state index in [1.807, 2.05) is 0 Å². The molecule has 0 saturated carbocycles. The summed E-state index contributed by atoms with van der Waals surface area (Å²) in [6.45, 7) is -0.680. The Balaban J connectivity index is 2.29. The summed E-state index contributed by atoms with van der Waals surface area (Å²) in [4.78, 5) is 1.63. The summed E-state index contributed by atoms with van der Waals surface area (Å²) < 4.78 is 42.3. The molecule has 1 rings (SSSR count). The molecule has 1 aliphatic rings. The smallest absolute Gasteiger partial charge is 0.445 e. The Hall–Kier alpha value is -0.485. The highest BCUT2D eigenvalue weighted by Gasteiger charge is 2.27. The van der Waals surface area contributed by atoms with Crippen LogP contribution >= 0.6 is 0 Å². The fourth-order valence-electron chi connectivity index (χ4n) is 1.81. The summed E-state index contributed by atoms with van der Waals surface area (Å²) in [6, 6.07) is 0. The van der Waals surface area contributed by atoms with Crippen molar-refractivity contribution in [2.24, 2.45) is 0 Å². The van der Waals surface area contributed by atoms with Crippen molar-refractivity contribution >= 4 is 6.98 Å². The van der Waals surface area contributed by atoms with Crippen molar-refractivity contribution in [2.75, 3.05) is 26.7 Å². The number of rotatable bonds is 5. The predicted molar refractivity (Wildman–Crippen MR) is 59.3 cm³/mol. The van der Waals surface area contributed by atoms with Crippen LogP contribution in [0.4, 0.5) is 12.9 Å². The minimum absolute atomic E-state index is 0.0762. The third-order valence-corrected chi connectivity index (χ3v) is 2.73. The van der Waals surface area contributed by atoms with Gasteiger partial charge in [-0.1, -0.05) is 0 Å². The number of halogens is 3. The fourth-order valence-corrected chi connectivity index (χ4v) is 1.81. The van der Waals surface area contributed by atoms with E-state index in [9.17, 15) is 12.9 Å². The highest BCUT2D eigenvalue weighted by Crippen LogP contribution is 2.19. The maximum absolute atomic E-state index is 12.3. The van der Waals surface area contributed by atoms with E-state index in [1.165, 1.54) is 0 Å². The van der Waals surface area contributed by atoms with E-state index >= 15 is 0 Å². The summed E-state index contributed by atoms with van der Waals surface area (Å²) in [7, 11) is 1.67. The lowest BCUT2D eigenvalue weighted by Gasteiger charge is -2.29. The van der Waals surface area contributed by atoms with Crippen LogP contribution in [-0.2, 0) is 4.74 Å². The Labute approximate surface area is 94.5 Å². The standard InChI is InChI=1S/C10H18BF3NO/c1-9(11(12,13)14)7-15(2)8-10-5-3-4-6-16-10/h10H,1,3-8H2,2H3/q-1. The highest BCUT2D eigenvalue weighted by molar-refractivity contribution is 6.66. The zero-order valence-electron chi connectivity index (χ0n) is 9.59. The topological polar surface area (TPSA) is 12.5 Å². The van der Waals surface area contributed by atoms with Gasteiger partial charge in [-0.25, -0.2) is 0 Å². The minimum Gasteiger partial charge on any atom is -0.445 e. The molecule has 1 unspecified atom stereocenters. The van der Waals surface area contributed by atoms with Crippen LogP contribution in [0.2, 0.25) is 0 Å². The second-order valence-electron chi connectivity index (χ2n) is 4.42. The van der Waals surface area contributed by atoms with Gasteiger partial charge in [0.15, 0.2) is 0 Å². The molecule has 1 atom stereocenters. The molecule has 1 saturated heterocycles. The molecule has 0 aliphatic carbocycles. The molecule has 0 spiro atoms. The molecule has 2 nitrogen and oxygen atoms in total. The molecule has 0 aromatic rings. The van der Waals surface area contributed by atoms with E-state index in [0.717, 1.165) is 25.9 Å².